The van der Waals surface area contributed by atoms with Crippen LogP contribution in [0.5, 0.6) is 0 Å². The van der Waals surface area contributed by atoms with Gasteiger partial charge in [-0.05, 0) is 333 Å². The average molecular weight is 1650 g/mol. The van der Waals surface area contributed by atoms with Gasteiger partial charge in [-0.15, -0.1) is 0 Å². The lowest BCUT2D eigenvalue weighted by atomic mass is 9.66. The third kappa shape index (κ3) is 13.6. The van der Waals surface area contributed by atoms with E-state index in [0.29, 0.717) is 11.2 Å². The van der Waals surface area contributed by atoms with Crippen LogP contribution < -0.4 is 19.6 Å². The van der Waals surface area contributed by atoms with Gasteiger partial charge in [-0.2, -0.15) is 0 Å². The van der Waals surface area contributed by atoms with Crippen molar-refractivity contribution in [2.24, 2.45) is 0 Å². The number of nitrogens with zero attached hydrogens (tertiary/aromatic N) is 4. The van der Waals surface area contributed by atoms with Gasteiger partial charge in [0.2, 0.25) is 0 Å². The molecule has 1 heterocycles. The molecule has 0 aliphatic heterocycles. The average Bonchev–Trinajstić information content (AvgIpc) is 1.54. The van der Waals surface area contributed by atoms with Gasteiger partial charge in [-0.1, -0.05) is 231 Å². The predicted octanol–water partition coefficient (Wildman–Crippen LogP) is 32.6. The number of rotatable bonds is 20. The van der Waals surface area contributed by atoms with Crippen molar-refractivity contribution >= 4 is 102 Å². The van der Waals surface area contributed by atoms with Gasteiger partial charge in [0.15, 0.2) is 0 Å². The number of aryl methyl sites for hydroxylation is 4. The van der Waals surface area contributed by atoms with Crippen molar-refractivity contribution in [3.63, 3.8) is 0 Å². The SMILES string of the molecule is C=Cc1ccc(C2(c3cc(C)ccc3C)c3ccccc3-c3ccc(N(c4ccc(F)cc4)c4ccc(-c5ccc(N(c6ccc(F)cc6)c6ccc7c(c6)oc6cc(N(c8ccc(F)cc8)c8ccc(-c9ccc(N(c%10ccc(F)cc%10)c%10ccc%11c(c%10)C(c%10ccc(C=C)cc%10)(c%10cc(C)ccc%10C)c%10ccccc%10-%11)cc9)cc8)ccc67)cc5)cc4)cc32)cc1. The summed E-state index contributed by atoms with van der Waals surface area (Å²) in [6.07, 6.45) is 3.77. The molecule has 18 aromatic carbocycles. The molecule has 0 radical (unpaired) electrons. The fourth-order valence-corrected chi connectivity index (χ4v) is 19.7. The van der Waals surface area contributed by atoms with E-state index in [2.05, 4.69) is 352 Å². The molecule has 0 fully saturated rings. The second-order valence-electron chi connectivity index (χ2n) is 33.2. The molecule has 21 rings (SSSR count). The van der Waals surface area contributed by atoms with Crippen molar-refractivity contribution in [3.8, 4) is 44.5 Å². The van der Waals surface area contributed by atoms with E-state index in [4.69, 9.17) is 4.42 Å². The van der Waals surface area contributed by atoms with Crippen molar-refractivity contribution < 1.29 is 22.0 Å². The Kier molecular flexibility index (Phi) is 19.6. The van der Waals surface area contributed by atoms with Crippen LogP contribution in [0.25, 0.3) is 78.6 Å². The summed E-state index contributed by atoms with van der Waals surface area (Å²) in [5, 5.41) is 1.82. The standard InChI is InChI=1S/C118H84F4N4O/c1-7-79-21-33-85(34-22-79)117(111-69-75(3)17-19-77(111)5)109-15-11-9-13-103(109)105-65-61-99(71-113(105)117)123(95-53-37-87(119)38-54-95)91-45-25-81(26-46-91)83-29-49-93(50-30-83)125(97-57-41-89(121)42-58-97)101-63-67-107-108-68-64-102(74-116(108)127-115(107)73-101)126(98-59-43-90(122)44-60-98)94-51-31-84(32-52-94)82-27-47-92(48-28-82)124(96-55-39-88(120)40-56-96)100-62-66-106-104-14-10-12-16-110(104)118(114(106)72-100,86-35-23-80(8-2)24-36-86)112-70-76(4)18-20-78(112)6/h7-74H,1-2H2,3-6H3. The second kappa shape index (κ2) is 31.8. The van der Waals surface area contributed by atoms with Crippen molar-refractivity contribution in [3.05, 3.63) is 515 Å². The Morgan fingerprint density at radius 2 is 0.496 bits per heavy atom. The lowest BCUT2D eigenvalue weighted by Crippen LogP contribution is -2.30. The van der Waals surface area contributed by atoms with Crippen LogP contribution in [0, 0.1) is 51.0 Å². The highest BCUT2D eigenvalue weighted by Gasteiger charge is 2.49. The van der Waals surface area contributed by atoms with Gasteiger partial charge in [0.05, 0.1) is 10.8 Å². The maximum atomic E-state index is 15.0. The second-order valence-corrected chi connectivity index (χ2v) is 33.2. The quantitative estimate of drug-likeness (QED) is 0.0709. The Bertz CT molecular complexity index is 7030. The van der Waals surface area contributed by atoms with E-state index in [-0.39, 0.29) is 23.3 Å². The molecule has 19 aromatic rings. The third-order valence-corrected chi connectivity index (χ3v) is 25.8. The highest BCUT2D eigenvalue weighted by Crippen LogP contribution is 2.61. The van der Waals surface area contributed by atoms with E-state index in [9.17, 15) is 8.78 Å². The molecule has 610 valence electrons. The van der Waals surface area contributed by atoms with Crippen molar-refractivity contribution in [1.82, 2.24) is 0 Å². The fraction of sp³-hybridized carbons (Fsp3) is 0.0508. The van der Waals surface area contributed by atoms with E-state index in [1.165, 1.54) is 104 Å². The van der Waals surface area contributed by atoms with Crippen LogP contribution in [0.1, 0.15) is 77.9 Å². The number of benzene rings is 18. The van der Waals surface area contributed by atoms with Crippen LogP contribution in [0.15, 0.2) is 418 Å². The Hall–Kier alpha value is -15.8. The number of anilines is 12. The summed E-state index contributed by atoms with van der Waals surface area (Å²) in [5.41, 5.74) is 34.8. The van der Waals surface area contributed by atoms with Crippen LogP contribution in [0.3, 0.4) is 0 Å². The molecule has 0 bridgehead atoms. The monoisotopic (exact) mass is 1650 g/mol. The summed E-state index contributed by atoms with van der Waals surface area (Å²) in [5.74, 6) is -1.34. The third-order valence-electron chi connectivity index (χ3n) is 25.8. The molecule has 0 amide bonds. The Labute approximate surface area is 736 Å². The summed E-state index contributed by atoms with van der Waals surface area (Å²) in [6, 6.07) is 135. The van der Waals surface area contributed by atoms with Gasteiger partial charge in [0.25, 0.3) is 0 Å². The number of furan rings is 1. The van der Waals surface area contributed by atoms with Crippen LogP contribution >= 0.6 is 0 Å². The molecule has 1 aromatic heterocycles. The number of halogens is 4. The largest absolute Gasteiger partial charge is 0.456 e. The summed E-state index contributed by atoms with van der Waals surface area (Å²) in [7, 11) is 0. The summed E-state index contributed by atoms with van der Waals surface area (Å²) < 4.78 is 66.8. The fourth-order valence-electron chi connectivity index (χ4n) is 19.7. The van der Waals surface area contributed by atoms with Crippen molar-refractivity contribution in [2.45, 2.75) is 38.5 Å². The Morgan fingerprint density at radius 1 is 0.236 bits per heavy atom. The summed E-state index contributed by atoms with van der Waals surface area (Å²) in [6.45, 7) is 16.9. The van der Waals surface area contributed by atoms with Gasteiger partial charge >= 0.3 is 0 Å². The Morgan fingerprint density at radius 3 is 0.795 bits per heavy atom. The molecule has 2 atom stereocenters. The summed E-state index contributed by atoms with van der Waals surface area (Å²) in [4.78, 5) is 8.60. The smallest absolute Gasteiger partial charge is 0.137 e. The highest BCUT2D eigenvalue weighted by molar-refractivity contribution is 6.08. The molecule has 0 spiro atoms. The van der Waals surface area contributed by atoms with Crippen LogP contribution in [-0.4, -0.2) is 0 Å². The van der Waals surface area contributed by atoms with Crippen LogP contribution in [-0.2, 0) is 10.8 Å². The summed E-state index contributed by atoms with van der Waals surface area (Å²) >= 11 is 0. The molecule has 9 heteroatoms. The van der Waals surface area contributed by atoms with E-state index in [0.717, 1.165) is 146 Å². The minimum absolute atomic E-state index is 0.320. The Balaban J connectivity index is 0.581. The van der Waals surface area contributed by atoms with E-state index in [1.807, 2.05) is 48.6 Å². The topological polar surface area (TPSA) is 26.1 Å². The minimum Gasteiger partial charge on any atom is -0.456 e. The maximum Gasteiger partial charge on any atom is 0.137 e. The zero-order valence-electron chi connectivity index (χ0n) is 70.4. The molecule has 2 unspecified atom stereocenters. The lowest BCUT2D eigenvalue weighted by Gasteiger charge is -2.36. The van der Waals surface area contributed by atoms with Crippen molar-refractivity contribution in [2.75, 3.05) is 19.6 Å². The van der Waals surface area contributed by atoms with Gasteiger partial charge < -0.3 is 24.0 Å². The first-order valence-corrected chi connectivity index (χ1v) is 42.8. The van der Waals surface area contributed by atoms with Gasteiger partial charge in [-0.25, -0.2) is 17.6 Å². The van der Waals surface area contributed by atoms with Crippen LogP contribution in [0.4, 0.5) is 85.8 Å². The molecule has 127 heavy (non-hydrogen) atoms. The molecular weight excluding hydrogens is 1570 g/mol. The van der Waals surface area contributed by atoms with Gasteiger partial charge in [0.1, 0.15) is 34.4 Å². The molecule has 5 nitrogen and oxygen atoms in total. The zero-order chi connectivity index (χ0) is 86.3. The first-order chi connectivity index (χ1) is 62.1. The van der Waals surface area contributed by atoms with Gasteiger partial charge in [-0.3, -0.25) is 0 Å². The van der Waals surface area contributed by atoms with E-state index in [1.54, 1.807) is 24.3 Å². The number of hydrogen-bond acceptors (Lipinski definition) is 5. The molecule has 2 aliphatic carbocycles. The molecule has 0 N–H and O–H groups in total. The maximum absolute atomic E-state index is 15.0. The first kappa shape index (κ1) is 78.4. The predicted molar refractivity (Wildman–Crippen MR) is 517 cm³/mol. The van der Waals surface area contributed by atoms with Crippen LogP contribution in [0.2, 0.25) is 0 Å². The normalized spacial score (nSPS) is 14.1. The van der Waals surface area contributed by atoms with E-state index < -0.39 is 10.8 Å². The number of fused-ring (bicyclic) bond motifs is 9. The molecule has 0 saturated carbocycles. The minimum atomic E-state index is -0.681. The molecule has 0 saturated heterocycles. The van der Waals surface area contributed by atoms with Crippen molar-refractivity contribution in [1.29, 1.82) is 0 Å². The first-order valence-electron chi connectivity index (χ1n) is 42.8. The lowest BCUT2D eigenvalue weighted by molar-refractivity contribution is 0.627. The molecular formula is C118H84F4N4O. The van der Waals surface area contributed by atoms with Gasteiger partial charge in [0, 0.05) is 91.2 Å². The zero-order valence-corrected chi connectivity index (χ0v) is 70.4. The molecule has 2 aliphatic rings. The van der Waals surface area contributed by atoms with E-state index >= 15 is 8.78 Å². The number of hydrogen-bond donors (Lipinski definition) is 0. The highest BCUT2D eigenvalue weighted by atomic mass is 19.1.